The van der Waals surface area contributed by atoms with Gasteiger partial charge >= 0.3 is 12.0 Å². The molecule has 0 saturated carbocycles. The maximum absolute atomic E-state index is 12.8. The van der Waals surface area contributed by atoms with E-state index in [1.165, 1.54) is 24.0 Å². The molecule has 0 heterocycles. The van der Waals surface area contributed by atoms with Crippen LogP contribution in [0, 0.1) is 11.7 Å². The molecule has 0 bridgehead atoms. The highest BCUT2D eigenvalue weighted by Gasteiger charge is 2.22. The molecule has 5 nitrogen and oxygen atoms in total. The van der Waals surface area contributed by atoms with Gasteiger partial charge in [-0.3, -0.25) is 4.79 Å². The first-order chi connectivity index (χ1) is 9.31. The summed E-state index contributed by atoms with van der Waals surface area (Å²) in [6.45, 7) is 3.50. The van der Waals surface area contributed by atoms with Crippen LogP contribution >= 0.6 is 0 Å². The number of hydrogen-bond donors (Lipinski definition) is 2. The molecular weight excluding hydrogens is 263 g/mol. The Hall–Kier alpha value is -2.11. The average Bonchev–Trinajstić information content (AvgIpc) is 2.40. The number of halogens is 1. The van der Waals surface area contributed by atoms with Gasteiger partial charge in [0.25, 0.3) is 0 Å². The molecule has 110 valence electrons. The number of carbonyl (C=O) groups excluding carboxylic acids is 1. The fourth-order valence-corrected chi connectivity index (χ4v) is 1.58. The Balaban J connectivity index is 2.54. The summed E-state index contributed by atoms with van der Waals surface area (Å²) in [5.41, 5.74) is 0.794. The molecule has 0 aromatic heterocycles. The number of amides is 2. The predicted octanol–water partition coefficient (Wildman–Crippen LogP) is 2.08. The second-order valence-corrected chi connectivity index (χ2v) is 4.85. The fourth-order valence-electron chi connectivity index (χ4n) is 1.58. The Kier molecular flexibility index (Phi) is 5.49. The van der Waals surface area contributed by atoms with E-state index in [-0.39, 0.29) is 11.8 Å². The smallest absolute Gasteiger partial charge is 0.317 e. The maximum atomic E-state index is 12.8. The van der Waals surface area contributed by atoms with Crippen LogP contribution in [0.1, 0.15) is 19.4 Å². The van der Waals surface area contributed by atoms with Gasteiger partial charge in [0.15, 0.2) is 0 Å². The first kappa shape index (κ1) is 15.9. The van der Waals surface area contributed by atoms with Gasteiger partial charge in [-0.25, -0.2) is 9.18 Å². The molecule has 0 fully saturated rings. The summed E-state index contributed by atoms with van der Waals surface area (Å²) in [6.07, 6.45) is 0. The van der Waals surface area contributed by atoms with Crippen molar-refractivity contribution in [2.75, 3.05) is 7.05 Å². The maximum Gasteiger partial charge on any atom is 0.317 e. The van der Waals surface area contributed by atoms with Gasteiger partial charge in [-0.2, -0.15) is 0 Å². The summed E-state index contributed by atoms with van der Waals surface area (Å²) in [7, 11) is 1.59. The quantitative estimate of drug-likeness (QED) is 0.868. The number of aliphatic carboxylic acids is 1. The van der Waals surface area contributed by atoms with Crippen LogP contribution < -0.4 is 5.32 Å². The van der Waals surface area contributed by atoms with E-state index in [0.29, 0.717) is 6.54 Å². The Morgan fingerprint density at radius 1 is 1.30 bits per heavy atom. The van der Waals surface area contributed by atoms with Crippen molar-refractivity contribution in [2.24, 2.45) is 5.92 Å². The minimum atomic E-state index is -0.959. The standard InChI is InChI=1S/C14H19FN2O3/c1-9(13(18)19)10(2)16-14(20)17(3)8-11-4-6-12(15)7-5-11/h4-7,9-10H,8H2,1-3H3,(H,16,20)(H,18,19). The Morgan fingerprint density at radius 2 is 1.85 bits per heavy atom. The molecule has 1 aromatic rings. The van der Waals surface area contributed by atoms with E-state index in [4.69, 9.17) is 5.11 Å². The lowest BCUT2D eigenvalue weighted by molar-refractivity contribution is -0.141. The second-order valence-electron chi connectivity index (χ2n) is 4.85. The van der Waals surface area contributed by atoms with Crippen LogP contribution in [-0.4, -0.2) is 35.1 Å². The van der Waals surface area contributed by atoms with Gasteiger partial charge in [0, 0.05) is 19.6 Å². The van der Waals surface area contributed by atoms with Gasteiger partial charge in [0.1, 0.15) is 5.82 Å². The molecule has 2 amide bonds. The van der Waals surface area contributed by atoms with Crippen LogP contribution in [0.3, 0.4) is 0 Å². The number of carboxylic acid groups (broad SMARTS) is 1. The summed E-state index contributed by atoms with van der Waals surface area (Å²) >= 11 is 0. The van der Waals surface area contributed by atoms with E-state index in [0.717, 1.165) is 5.56 Å². The molecule has 0 aliphatic heterocycles. The summed E-state index contributed by atoms with van der Waals surface area (Å²) in [4.78, 5) is 24.1. The van der Waals surface area contributed by atoms with Gasteiger partial charge in [-0.15, -0.1) is 0 Å². The first-order valence-electron chi connectivity index (χ1n) is 6.30. The van der Waals surface area contributed by atoms with Crippen molar-refractivity contribution >= 4 is 12.0 Å². The molecule has 0 radical (unpaired) electrons. The zero-order chi connectivity index (χ0) is 15.3. The molecule has 20 heavy (non-hydrogen) atoms. The van der Waals surface area contributed by atoms with Gasteiger partial charge < -0.3 is 15.3 Å². The number of rotatable bonds is 5. The average molecular weight is 282 g/mol. The second kappa shape index (κ2) is 6.88. The number of benzene rings is 1. The van der Waals surface area contributed by atoms with Crippen LogP contribution in [0.2, 0.25) is 0 Å². The molecular formula is C14H19FN2O3. The highest BCUT2D eigenvalue weighted by Crippen LogP contribution is 2.07. The van der Waals surface area contributed by atoms with Crippen molar-refractivity contribution in [3.63, 3.8) is 0 Å². The molecule has 0 spiro atoms. The van der Waals surface area contributed by atoms with E-state index in [2.05, 4.69) is 5.32 Å². The molecule has 6 heteroatoms. The van der Waals surface area contributed by atoms with Crippen LogP contribution in [0.15, 0.2) is 24.3 Å². The third-order valence-corrected chi connectivity index (χ3v) is 3.17. The minimum absolute atomic E-state index is 0.320. The van der Waals surface area contributed by atoms with Crippen LogP contribution in [0.4, 0.5) is 9.18 Å². The van der Waals surface area contributed by atoms with Gasteiger partial charge in [-0.1, -0.05) is 12.1 Å². The molecule has 2 unspecified atom stereocenters. The highest BCUT2D eigenvalue weighted by atomic mass is 19.1. The third-order valence-electron chi connectivity index (χ3n) is 3.17. The normalized spacial score (nSPS) is 13.4. The number of nitrogens with one attached hydrogen (secondary N) is 1. The fraction of sp³-hybridized carbons (Fsp3) is 0.429. The first-order valence-corrected chi connectivity index (χ1v) is 6.30. The molecule has 0 saturated heterocycles. The van der Waals surface area contributed by atoms with E-state index in [1.54, 1.807) is 26.1 Å². The number of urea groups is 1. The van der Waals surface area contributed by atoms with Crippen LogP contribution in [0.25, 0.3) is 0 Å². The van der Waals surface area contributed by atoms with Crippen LogP contribution in [-0.2, 0) is 11.3 Å². The van der Waals surface area contributed by atoms with Crippen molar-refractivity contribution in [1.29, 1.82) is 0 Å². The van der Waals surface area contributed by atoms with Gasteiger partial charge in [0.05, 0.1) is 5.92 Å². The number of carboxylic acids is 1. The number of hydrogen-bond acceptors (Lipinski definition) is 2. The molecule has 2 atom stereocenters. The molecule has 0 aliphatic rings. The van der Waals surface area contributed by atoms with E-state index < -0.39 is 17.9 Å². The monoisotopic (exact) mass is 282 g/mol. The van der Waals surface area contributed by atoms with Crippen molar-refractivity contribution in [2.45, 2.75) is 26.4 Å². The lowest BCUT2D eigenvalue weighted by Crippen LogP contribution is -2.45. The zero-order valence-electron chi connectivity index (χ0n) is 11.8. The largest absolute Gasteiger partial charge is 0.481 e. The number of carbonyl (C=O) groups is 2. The Bertz CT molecular complexity index is 476. The molecule has 2 N–H and O–H groups in total. The van der Waals surface area contributed by atoms with E-state index in [1.807, 2.05) is 0 Å². The Labute approximate surface area is 117 Å². The van der Waals surface area contributed by atoms with Crippen molar-refractivity contribution in [3.05, 3.63) is 35.6 Å². The lowest BCUT2D eigenvalue weighted by atomic mass is 10.0. The molecule has 0 aliphatic carbocycles. The highest BCUT2D eigenvalue weighted by molar-refractivity contribution is 5.76. The lowest BCUT2D eigenvalue weighted by Gasteiger charge is -2.23. The molecule has 1 aromatic carbocycles. The number of nitrogens with zero attached hydrogens (tertiary/aromatic N) is 1. The summed E-state index contributed by atoms with van der Waals surface area (Å²) < 4.78 is 12.8. The van der Waals surface area contributed by atoms with Crippen molar-refractivity contribution in [3.8, 4) is 0 Å². The zero-order valence-corrected chi connectivity index (χ0v) is 11.8. The van der Waals surface area contributed by atoms with E-state index >= 15 is 0 Å². The van der Waals surface area contributed by atoms with Crippen molar-refractivity contribution < 1.29 is 19.1 Å². The molecule has 1 rings (SSSR count). The Morgan fingerprint density at radius 3 is 2.35 bits per heavy atom. The van der Waals surface area contributed by atoms with Crippen LogP contribution in [0.5, 0.6) is 0 Å². The summed E-state index contributed by atoms with van der Waals surface area (Å²) in [6, 6.07) is 5.02. The van der Waals surface area contributed by atoms with Gasteiger partial charge in [-0.05, 0) is 31.5 Å². The minimum Gasteiger partial charge on any atom is -0.481 e. The summed E-state index contributed by atoms with van der Waals surface area (Å²) in [5, 5.41) is 11.5. The summed E-state index contributed by atoms with van der Waals surface area (Å²) in [5.74, 6) is -1.96. The van der Waals surface area contributed by atoms with Gasteiger partial charge in [0.2, 0.25) is 0 Å². The predicted molar refractivity (Wildman–Crippen MR) is 72.7 cm³/mol. The SMILES string of the molecule is CC(NC(=O)N(C)Cc1ccc(F)cc1)C(C)C(=O)O. The topological polar surface area (TPSA) is 69.6 Å². The van der Waals surface area contributed by atoms with E-state index in [9.17, 15) is 14.0 Å². The van der Waals surface area contributed by atoms with Crippen molar-refractivity contribution in [1.82, 2.24) is 10.2 Å². The third kappa shape index (κ3) is 4.53.